The number of rotatable bonds is 12. The molecule has 156 valence electrons. The molecule has 0 amide bonds. The minimum absolute atomic E-state index is 0.432. The van der Waals surface area contributed by atoms with Gasteiger partial charge in [-0.2, -0.15) is 0 Å². The largest absolute Gasteiger partial charge is 0.493 e. The van der Waals surface area contributed by atoms with Crippen molar-refractivity contribution in [3.05, 3.63) is 70.8 Å². The SMILES string of the molecule is C/C=C/COc1cc(C)c(OCCc2ccc(COCC=NOC)cc2)c(C)c1. The number of hydrogen-bond acceptors (Lipinski definition) is 5. The molecule has 0 radical (unpaired) electrons. The molecule has 29 heavy (non-hydrogen) atoms. The van der Waals surface area contributed by atoms with Crippen LogP contribution in [0.25, 0.3) is 0 Å². The first kappa shape index (κ1) is 22.5. The molecule has 0 fully saturated rings. The second kappa shape index (κ2) is 12.6. The summed E-state index contributed by atoms with van der Waals surface area (Å²) in [6.45, 7) is 8.28. The van der Waals surface area contributed by atoms with E-state index in [1.54, 1.807) is 6.21 Å². The highest BCUT2D eigenvalue weighted by molar-refractivity contribution is 5.57. The van der Waals surface area contributed by atoms with Gasteiger partial charge in [-0.15, -0.1) is 0 Å². The molecule has 0 atom stereocenters. The molecule has 0 bridgehead atoms. The van der Waals surface area contributed by atoms with Crippen molar-refractivity contribution in [2.45, 2.75) is 33.8 Å². The van der Waals surface area contributed by atoms with Gasteiger partial charge >= 0.3 is 0 Å². The number of oxime groups is 1. The molecule has 5 heteroatoms. The predicted molar refractivity (Wildman–Crippen MR) is 117 cm³/mol. The monoisotopic (exact) mass is 397 g/mol. The molecule has 2 rings (SSSR count). The minimum Gasteiger partial charge on any atom is -0.493 e. The quantitative estimate of drug-likeness (QED) is 0.218. The van der Waals surface area contributed by atoms with Gasteiger partial charge in [0.05, 0.1) is 26.0 Å². The van der Waals surface area contributed by atoms with E-state index in [9.17, 15) is 0 Å². The fourth-order valence-corrected chi connectivity index (χ4v) is 2.87. The first-order valence-electron chi connectivity index (χ1n) is 9.82. The topological polar surface area (TPSA) is 49.3 Å². The molecule has 0 aliphatic heterocycles. The molecule has 2 aromatic rings. The Morgan fingerprint density at radius 3 is 2.28 bits per heavy atom. The summed E-state index contributed by atoms with van der Waals surface area (Å²) in [5, 5.41) is 3.64. The van der Waals surface area contributed by atoms with Gasteiger partial charge in [-0.1, -0.05) is 41.6 Å². The van der Waals surface area contributed by atoms with E-state index in [1.165, 1.54) is 12.7 Å². The van der Waals surface area contributed by atoms with E-state index in [-0.39, 0.29) is 0 Å². The second-order valence-electron chi connectivity index (χ2n) is 6.67. The van der Waals surface area contributed by atoms with Crippen molar-refractivity contribution in [1.29, 1.82) is 0 Å². The van der Waals surface area contributed by atoms with Crippen LogP contribution >= 0.6 is 0 Å². The maximum atomic E-state index is 6.06. The molecular weight excluding hydrogens is 366 g/mol. The lowest BCUT2D eigenvalue weighted by atomic mass is 10.1. The summed E-state index contributed by atoms with van der Waals surface area (Å²) in [7, 11) is 1.51. The third kappa shape index (κ3) is 8.00. The van der Waals surface area contributed by atoms with Gasteiger partial charge in [0.1, 0.15) is 25.2 Å². The Bertz CT molecular complexity index is 774. The van der Waals surface area contributed by atoms with Crippen molar-refractivity contribution >= 4 is 6.21 Å². The molecule has 0 saturated carbocycles. The van der Waals surface area contributed by atoms with E-state index in [1.807, 2.05) is 31.2 Å². The van der Waals surface area contributed by atoms with E-state index < -0.39 is 0 Å². The lowest BCUT2D eigenvalue weighted by Crippen LogP contribution is -2.05. The number of benzene rings is 2. The van der Waals surface area contributed by atoms with Crippen molar-refractivity contribution in [3.8, 4) is 11.5 Å². The molecule has 0 unspecified atom stereocenters. The fourth-order valence-electron chi connectivity index (χ4n) is 2.87. The van der Waals surface area contributed by atoms with Crippen LogP contribution < -0.4 is 9.47 Å². The molecule has 0 aliphatic carbocycles. The summed E-state index contributed by atoms with van der Waals surface area (Å²) in [4.78, 5) is 4.59. The zero-order valence-corrected chi connectivity index (χ0v) is 17.8. The third-order valence-electron chi connectivity index (χ3n) is 4.32. The van der Waals surface area contributed by atoms with Gasteiger partial charge in [-0.3, -0.25) is 0 Å². The highest BCUT2D eigenvalue weighted by atomic mass is 16.6. The van der Waals surface area contributed by atoms with Crippen LogP contribution in [0.5, 0.6) is 11.5 Å². The van der Waals surface area contributed by atoms with Gasteiger partial charge in [0.2, 0.25) is 0 Å². The minimum atomic E-state index is 0.432. The Morgan fingerprint density at radius 2 is 1.62 bits per heavy atom. The highest BCUT2D eigenvalue weighted by Gasteiger charge is 2.07. The molecule has 0 aliphatic rings. The molecule has 5 nitrogen and oxygen atoms in total. The highest BCUT2D eigenvalue weighted by Crippen LogP contribution is 2.28. The van der Waals surface area contributed by atoms with Crippen LogP contribution in [0, 0.1) is 13.8 Å². The Kier molecular flexibility index (Phi) is 9.80. The molecule has 0 spiro atoms. The summed E-state index contributed by atoms with van der Waals surface area (Å²) < 4.78 is 17.3. The number of allylic oxidation sites excluding steroid dienone is 1. The van der Waals surface area contributed by atoms with E-state index in [4.69, 9.17) is 14.2 Å². The van der Waals surface area contributed by atoms with Gasteiger partial charge in [0.25, 0.3) is 0 Å². The number of ether oxygens (including phenoxy) is 3. The van der Waals surface area contributed by atoms with Gasteiger partial charge in [0.15, 0.2) is 0 Å². The summed E-state index contributed by atoms with van der Waals surface area (Å²) in [6.07, 6.45) is 6.41. The Hall–Kier alpha value is -2.79. The van der Waals surface area contributed by atoms with Gasteiger partial charge in [-0.25, -0.2) is 0 Å². The fraction of sp³-hybridized carbons (Fsp3) is 0.375. The van der Waals surface area contributed by atoms with Crippen LogP contribution in [0.2, 0.25) is 0 Å². The molecule has 0 heterocycles. The van der Waals surface area contributed by atoms with Gasteiger partial charge < -0.3 is 19.0 Å². The maximum Gasteiger partial charge on any atom is 0.125 e. The molecule has 0 aromatic heterocycles. The maximum absolute atomic E-state index is 6.06. The van der Waals surface area contributed by atoms with E-state index >= 15 is 0 Å². The standard InChI is InChI=1S/C24H31NO4/c1-5-6-13-28-23-16-19(2)24(20(3)17-23)29-14-11-21-7-9-22(10-8-21)18-27-15-12-25-26-4/h5-10,12,16-17H,11,13-15,18H2,1-4H3/b6-5+,25-12?. The van der Waals surface area contributed by atoms with E-state index in [0.29, 0.717) is 26.4 Å². The summed E-state index contributed by atoms with van der Waals surface area (Å²) in [5.41, 5.74) is 4.53. The zero-order chi connectivity index (χ0) is 20.9. The van der Waals surface area contributed by atoms with E-state index in [0.717, 1.165) is 34.6 Å². The lowest BCUT2D eigenvalue weighted by Gasteiger charge is -2.14. The molecule has 0 saturated heterocycles. The first-order valence-corrected chi connectivity index (χ1v) is 9.82. The zero-order valence-electron chi connectivity index (χ0n) is 17.8. The van der Waals surface area contributed by atoms with Crippen molar-refractivity contribution in [3.63, 3.8) is 0 Å². The Balaban J connectivity index is 1.81. The molecule has 0 N–H and O–H groups in total. The van der Waals surface area contributed by atoms with Crippen molar-refractivity contribution in [2.75, 3.05) is 26.9 Å². The van der Waals surface area contributed by atoms with Crippen molar-refractivity contribution in [1.82, 2.24) is 0 Å². The van der Waals surface area contributed by atoms with Crippen LogP contribution in [0.15, 0.2) is 53.7 Å². The van der Waals surface area contributed by atoms with Crippen LogP contribution in [0.1, 0.15) is 29.2 Å². The van der Waals surface area contributed by atoms with Crippen LogP contribution in [0.4, 0.5) is 0 Å². The summed E-state index contributed by atoms with van der Waals surface area (Å²) in [5.74, 6) is 1.81. The number of hydrogen-bond donors (Lipinski definition) is 0. The molecular formula is C24H31NO4. The smallest absolute Gasteiger partial charge is 0.125 e. The average Bonchev–Trinajstić information content (AvgIpc) is 2.71. The van der Waals surface area contributed by atoms with Crippen LogP contribution in [0.3, 0.4) is 0 Å². The van der Waals surface area contributed by atoms with E-state index in [2.05, 4.69) is 48.1 Å². The Morgan fingerprint density at radius 1 is 0.931 bits per heavy atom. The third-order valence-corrected chi connectivity index (χ3v) is 4.32. The van der Waals surface area contributed by atoms with Gasteiger partial charge in [-0.05, 0) is 55.2 Å². The second-order valence-corrected chi connectivity index (χ2v) is 6.67. The van der Waals surface area contributed by atoms with Crippen molar-refractivity contribution in [2.24, 2.45) is 5.16 Å². The Labute approximate surface area is 173 Å². The number of aryl methyl sites for hydroxylation is 2. The average molecular weight is 398 g/mol. The summed E-state index contributed by atoms with van der Waals surface area (Å²) >= 11 is 0. The van der Waals surface area contributed by atoms with Crippen LogP contribution in [-0.2, 0) is 22.6 Å². The lowest BCUT2D eigenvalue weighted by molar-refractivity contribution is 0.154. The predicted octanol–water partition coefficient (Wildman–Crippen LogP) is 5.03. The normalized spacial score (nSPS) is 11.3. The van der Waals surface area contributed by atoms with Gasteiger partial charge in [0, 0.05) is 6.42 Å². The number of nitrogens with zero attached hydrogens (tertiary/aromatic N) is 1. The van der Waals surface area contributed by atoms with Crippen molar-refractivity contribution < 1.29 is 19.0 Å². The molecule has 2 aromatic carbocycles. The first-order chi connectivity index (χ1) is 14.1. The van der Waals surface area contributed by atoms with Crippen LogP contribution in [-0.4, -0.2) is 33.1 Å². The summed E-state index contributed by atoms with van der Waals surface area (Å²) in [6, 6.07) is 12.4.